The van der Waals surface area contributed by atoms with Crippen molar-refractivity contribution in [2.75, 3.05) is 13.7 Å². The molecule has 0 radical (unpaired) electrons. The fourth-order valence-corrected chi connectivity index (χ4v) is 2.42. The lowest BCUT2D eigenvalue weighted by Crippen LogP contribution is -2.27. The number of ether oxygens (including phenoxy) is 1. The maximum absolute atomic E-state index is 12.2. The zero-order chi connectivity index (χ0) is 14.5. The molecule has 0 bridgehead atoms. The number of nitrogens with zero attached hydrogens (tertiary/aromatic N) is 2. The number of fused-ring (bicyclic) bond motifs is 1. The lowest BCUT2D eigenvalue weighted by atomic mass is 9.95. The summed E-state index contributed by atoms with van der Waals surface area (Å²) in [4.78, 5) is 23.1. The first kappa shape index (κ1) is 14.3. The molecule has 2 rings (SSSR count). The molecule has 1 aliphatic carbocycles. The van der Waals surface area contributed by atoms with Crippen LogP contribution in [0.15, 0.2) is 12.2 Å². The van der Waals surface area contributed by atoms with Gasteiger partial charge in [-0.05, 0) is 25.7 Å². The summed E-state index contributed by atoms with van der Waals surface area (Å²) in [5, 5.41) is 7.17. The topological polar surface area (TPSA) is 73.2 Å². The van der Waals surface area contributed by atoms with Gasteiger partial charge in [-0.1, -0.05) is 6.08 Å². The van der Waals surface area contributed by atoms with E-state index in [1.54, 1.807) is 17.8 Å². The van der Waals surface area contributed by atoms with E-state index in [-0.39, 0.29) is 12.5 Å². The third-order valence-corrected chi connectivity index (χ3v) is 3.37. The Labute approximate surface area is 117 Å². The molecule has 0 atom stereocenters. The van der Waals surface area contributed by atoms with Crippen molar-refractivity contribution < 1.29 is 14.3 Å². The molecule has 0 unspecified atom stereocenters. The van der Waals surface area contributed by atoms with Gasteiger partial charge in [0.15, 0.2) is 0 Å². The molecule has 1 heterocycles. The van der Waals surface area contributed by atoms with Crippen LogP contribution in [0.5, 0.6) is 0 Å². The van der Waals surface area contributed by atoms with E-state index in [0.717, 1.165) is 36.9 Å². The normalized spacial score (nSPS) is 14.1. The molecule has 0 aliphatic heterocycles. The van der Waals surface area contributed by atoms with E-state index in [0.29, 0.717) is 5.69 Å². The van der Waals surface area contributed by atoms with Gasteiger partial charge >= 0.3 is 5.97 Å². The third kappa shape index (κ3) is 3.07. The Hall–Kier alpha value is -2.11. The maximum atomic E-state index is 12.2. The maximum Gasteiger partial charge on any atom is 0.330 e. The van der Waals surface area contributed by atoms with Gasteiger partial charge < -0.3 is 10.1 Å². The van der Waals surface area contributed by atoms with Crippen molar-refractivity contribution >= 4 is 11.9 Å². The van der Waals surface area contributed by atoms with Crippen molar-refractivity contribution in [2.45, 2.75) is 25.7 Å². The zero-order valence-corrected chi connectivity index (χ0v) is 11.8. The van der Waals surface area contributed by atoms with Gasteiger partial charge in [-0.15, -0.1) is 0 Å². The first-order chi connectivity index (χ1) is 9.63. The summed E-state index contributed by atoms with van der Waals surface area (Å²) in [5.74, 6) is -0.588. The van der Waals surface area contributed by atoms with E-state index < -0.39 is 5.97 Å². The number of hydrogen-bond acceptors (Lipinski definition) is 4. The van der Waals surface area contributed by atoms with Crippen LogP contribution in [0.4, 0.5) is 0 Å². The van der Waals surface area contributed by atoms with Crippen molar-refractivity contribution in [3.8, 4) is 0 Å². The predicted molar refractivity (Wildman–Crippen MR) is 73.3 cm³/mol. The van der Waals surface area contributed by atoms with E-state index in [2.05, 4.69) is 15.2 Å². The van der Waals surface area contributed by atoms with Gasteiger partial charge in [0.2, 0.25) is 0 Å². The van der Waals surface area contributed by atoms with Gasteiger partial charge in [-0.2, -0.15) is 5.10 Å². The number of methoxy groups -OCH3 is 1. The molecule has 1 aromatic rings. The van der Waals surface area contributed by atoms with Gasteiger partial charge in [0.05, 0.1) is 12.8 Å². The molecule has 0 aromatic carbocycles. The van der Waals surface area contributed by atoms with E-state index in [1.165, 1.54) is 13.2 Å². The molecule has 0 saturated carbocycles. The average Bonchev–Trinajstić information content (AvgIpc) is 2.78. The monoisotopic (exact) mass is 277 g/mol. The zero-order valence-electron chi connectivity index (χ0n) is 11.8. The highest BCUT2D eigenvalue weighted by atomic mass is 16.5. The molecule has 108 valence electrons. The van der Waals surface area contributed by atoms with Crippen LogP contribution >= 0.6 is 0 Å². The van der Waals surface area contributed by atoms with E-state index in [9.17, 15) is 9.59 Å². The predicted octanol–water partition coefficient (Wildman–Crippen LogP) is 0.758. The second-order valence-electron chi connectivity index (χ2n) is 4.74. The second-order valence-corrected chi connectivity index (χ2v) is 4.74. The lowest BCUT2D eigenvalue weighted by molar-refractivity contribution is -0.134. The summed E-state index contributed by atoms with van der Waals surface area (Å²) in [6, 6.07) is 0. The van der Waals surface area contributed by atoms with Crippen molar-refractivity contribution in [1.29, 1.82) is 0 Å². The van der Waals surface area contributed by atoms with E-state index in [1.807, 2.05) is 0 Å². The van der Waals surface area contributed by atoms with Crippen molar-refractivity contribution in [2.24, 2.45) is 7.05 Å². The van der Waals surface area contributed by atoms with Crippen LogP contribution in [0.3, 0.4) is 0 Å². The minimum Gasteiger partial charge on any atom is -0.466 e. The summed E-state index contributed by atoms with van der Waals surface area (Å²) in [7, 11) is 3.10. The van der Waals surface area contributed by atoms with Crippen LogP contribution in [-0.2, 0) is 29.4 Å². The fraction of sp³-hybridized carbons (Fsp3) is 0.500. The molecule has 1 N–H and O–H groups in total. The molecule has 1 aromatic heterocycles. The summed E-state index contributed by atoms with van der Waals surface area (Å²) in [6.45, 7) is 0.286. The Balaban J connectivity index is 2.01. The number of carbonyl (C=O) groups is 2. The number of carbonyl (C=O) groups excluding carboxylic acids is 2. The number of esters is 1. The van der Waals surface area contributed by atoms with Gasteiger partial charge in [-0.25, -0.2) is 4.79 Å². The average molecular weight is 277 g/mol. The van der Waals surface area contributed by atoms with Gasteiger partial charge in [-0.3, -0.25) is 9.48 Å². The largest absolute Gasteiger partial charge is 0.466 e. The second kappa shape index (κ2) is 6.36. The van der Waals surface area contributed by atoms with Crippen LogP contribution in [0.1, 0.15) is 34.6 Å². The van der Waals surface area contributed by atoms with Crippen molar-refractivity contribution in [1.82, 2.24) is 15.1 Å². The summed E-state index contributed by atoms with van der Waals surface area (Å²) < 4.78 is 6.12. The standard InChI is InChI=1S/C14H19N3O3/c1-17-13(10-6-3-4-7-11(10)16-17)14(19)15-9-5-8-12(18)20-2/h5,8H,3-4,6-7,9H2,1-2H3,(H,15,19)/b8-5+. The molecule has 0 saturated heterocycles. The van der Waals surface area contributed by atoms with Gasteiger partial charge in [0, 0.05) is 25.2 Å². The Morgan fingerprint density at radius 1 is 1.40 bits per heavy atom. The van der Waals surface area contributed by atoms with Crippen molar-refractivity contribution in [3.05, 3.63) is 29.1 Å². The van der Waals surface area contributed by atoms with Crippen LogP contribution in [-0.4, -0.2) is 35.3 Å². The third-order valence-electron chi connectivity index (χ3n) is 3.37. The highest BCUT2D eigenvalue weighted by Gasteiger charge is 2.23. The minimum absolute atomic E-state index is 0.155. The Morgan fingerprint density at radius 3 is 2.90 bits per heavy atom. The molecule has 6 heteroatoms. The summed E-state index contributed by atoms with van der Waals surface area (Å²) in [5.41, 5.74) is 2.73. The van der Waals surface area contributed by atoms with Gasteiger partial charge in [0.1, 0.15) is 5.69 Å². The van der Waals surface area contributed by atoms with Crippen LogP contribution in [0.2, 0.25) is 0 Å². The van der Waals surface area contributed by atoms with Crippen LogP contribution in [0.25, 0.3) is 0 Å². The number of rotatable bonds is 4. The van der Waals surface area contributed by atoms with E-state index in [4.69, 9.17) is 0 Å². The number of hydrogen-bond donors (Lipinski definition) is 1. The SMILES string of the molecule is COC(=O)/C=C/CNC(=O)c1c2c(nn1C)CCCC2. The molecule has 1 amide bonds. The first-order valence-electron chi connectivity index (χ1n) is 6.71. The fourth-order valence-electron chi connectivity index (χ4n) is 2.42. The molecule has 1 aliphatic rings. The van der Waals surface area contributed by atoms with Crippen LogP contribution < -0.4 is 5.32 Å². The quantitative estimate of drug-likeness (QED) is 0.651. The van der Waals surface area contributed by atoms with Gasteiger partial charge in [0.25, 0.3) is 5.91 Å². The molecule has 6 nitrogen and oxygen atoms in total. The molecule has 0 spiro atoms. The smallest absolute Gasteiger partial charge is 0.330 e. The van der Waals surface area contributed by atoms with Crippen LogP contribution in [0, 0.1) is 0 Å². The molecular weight excluding hydrogens is 258 g/mol. The summed E-state index contributed by atoms with van der Waals surface area (Å²) in [6.07, 6.45) is 6.93. The Morgan fingerprint density at radius 2 is 2.15 bits per heavy atom. The number of aryl methyl sites for hydroxylation is 2. The lowest BCUT2D eigenvalue weighted by Gasteiger charge is -2.10. The Bertz CT molecular complexity index is 546. The number of nitrogens with one attached hydrogen (secondary N) is 1. The molecular formula is C14H19N3O3. The highest BCUT2D eigenvalue weighted by Crippen LogP contribution is 2.23. The number of aromatic nitrogens is 2. The highest BCUT2D eigenvalue weighted by molar-refractivity contribution is 5.94. The first-order valence-corrected chi connectivity index (χ1v) is 6.71. The molecule has 0 fully saturated rings. The van der Waals surface area contributed by atoms with Crippen molar-refractivity contribution in [3.63, 3.8) is 0 Å². The van der Waals surface area contributed by atoms with E-state index >= 15 is 0 Å². The minimum atomic E-state index is -0.433. The number of amides is 1. The summed E-state index contributed by atoms with van der Waals surface area (Å²) >= 11 is 0. The molecule has 20 heavy (non-hydrogen) atoms. The Kier molecular flexibility index (Phi) is 4.55.